The van der Waals surface area contributed by atoms with Crippen molar-refractivity contribution >= 4 is 13.7 Å². The van der Waals surface area contributed by atoms with Crippen LogP contribution in [-0.2, 0) is 23.4 Å². The van der Waals surface area contributed by atoms with Gasteiger partial charge in [0, 0.05) is 11.8 Å². The Morgan fingerprint density at radius 2 is 1.95 bits per heavy atom. The Morgan fingerprint density at radius 1 is 1.30 bits per heavy atom. The topological polar surface area (TPSA) is 184 Å². The first kappa shape index (κ1) is 28.8. The number of aliphatic hydroxyl groups is 1. The van der Waals surface area contributed by atoms with Gasteiger partial charge in [-0.2, -0.15) is 5.09 Å². The minimum atomic E-state index is -4.23. The van der Waals surface area contributed by atoms with Gasteiger partial charge in [0.2, 0.25) is 0 Å². The molecule has 204 valence electrons. The Bertz CT molecular complexity index is 1260. The van der Waals surface area contributed by atoms with Crippen LogP contribution < -0.4 is 26.6 Å². The number of esters is 1. The number of aliphatic hydroxyl groups excluding tert-OH is 1. The van der Waals surface area contributed by atoms with Gasteiger partial charge >= 0.3 is 19.4 Å². The maximum Gasteiger partial charge on any atom is 0.459 e. The summed E-state index contributed by atoms with van der Waals surface area (Å²) < 4.78 is 36.9. The molecule has 6 atom stereocenters. The second-order valence-electron chi connectivity index (χ2n) is 9.35. The molecular weight excluding hydrogens is 507 g/mol. The van der Waals surface area contributed by atoms with E-state index in [2.05, 4.69) is 10.1 Å². The molecule has 37 heavy (non-hydrogen) atoms. The Labute approximate surface area is 213 Å². The molecule has 2 heterocycles. The molecule has 1 aliphatic heterocycles. The first-order valence-corrected chi connectivity index (χ1v) is 13.2. The summed E-state index contributed by atoms with van der Waals surface area (Å²) in [7, 11) is -4.23. The Kier molecular flexibility index (Phi) is 8.78. The van der Waals surface area contributed by atoms with Crippen molar-refractivity contribution in [1.82, 2.24) is 14.6 Å². The van der Waals surface area contributed by atoms with Gasteiger partial charge in [0.05, 0.1) is 18.2 Å². The molecule has 5 N–H and O–H groups in total. The maximum atomic E-state index is 13.7. The molecule has 3 rings (SSSR count). The number of benzene rings is 1. The van der Waals surface area contributed by atoms with Crippen LogP contribution in [0.1, 0.15) is 39.5 Å². The van der Waals surface area contributed by atoms with Crippen LogP contribution in [0.15, 0.2) is 46.1 Å². The van der Waals surface area contributed by atoms with E-state index in [1.165, 1.54) is 27.0 Å². The Balaban J connectivity index is 1.82. The van der Waals surface area contributed by atoms with Gasteiger partial charge < -0.3 is 24.8 Å². The molecule has 0 bridgehead atoms. The number of carbonyl (C=O) groups excluding carboxylic acids is 1. The lowest BCUT2D eigenvalue weighted by atomic mass is 9.93. The molecule has 1 aromatic carbocycles. The normalized spacial score (nSPS) is 26.0. The number of carbonyl (C=O) groups is 1. The zero-order valence-electron chi connectivity index (χ0n) is 21.2. The number of rotatable bonds is 10. The van der Waals surface area contributed by atoms with E-state index in [4.69, 9.17) is 24.3 Å². The van der Waals surface area contributed by atoms with Gasteiger partial charge in [0.25, 0.3) is 5.56 Å². The molecule has 1 aromatic heterocycles. The number of H-pyrrole nitrogens is 1. The van der Waals surface area contributed by atoms with E-state index < -0.39 is 67.7 Å². The van der Waals surface area contributed by atoms with Gasteiger partial charge in [-0.25, -0.2) is 9.36 Å². The molecule has 14 heteroatoms. The lowest BCUT2D eigenvalue weighted by Crippen LogP contribution is -2.53. The van der Waals surface area contributed by atoms with E-state index in [-0.39, 0.29) is 11.3 Å². The monoisotopic (exact) mass is 540 g/mol. The van der Waals surface area contributed by atoms with Crippen LogP contribution in [0.2, 0.25) is 0 Å². The third kappa shape index (κ3) is 6.75. The van der Waals surface area contributed by atoms with Crippen molar-refractivity contribution in [2.45, 2.75) is 70.7 Å². The minimum absolute atomic E-state index is 0.201. The van der Waals surface area contributed by atoms with Crippen molar-refractivity contribution in [3.8, 4) is 5.75 Å². The zero-order valence-corrected chi connectivity index (χ0v) is 22.1. The van der Waals surface area contributed by atoms with E-state index in [1.54, 1.807) is 44.2 Å². The number of aryl methyl sites for hydroxylation is 1. The number of nitrogens with one attached hydrogen (secondary N) is 2. The van der Waals surface area contributed by atoms with Crippen molar-refractivity contribution in [1.29, 1.82) is 0 Å². The summed E-state index contributed by atoms with van der Waals surface area (Å²) in [5.41, 5.74) is 3.72. The number of para-hydroxylation sites is 1. The lowest BCUT2D eigenvalue weighted by molar-refractivity contribution is -0.149. The number of aromatic amines is 1. The van der Waals surface area contributed by atoms with E-state index in [0.717, 1.165) is 4.57 Å². The average Bonchev–Trinajstić information content (AvgIpc) is 3.03. The van der Waals surface area contributed by atoms with Crippen molar-refractivity contribution in [3.63, 3.8) is 0 Å². The van der Waals surface area contributed by atoms with Gasteiger partial charge in [0.15, 0.2) is 6.23 Å². The van der Waals surface area contributed by atoms with Gasteiger partial charge in [0.1, 0.15) is 24.0 Å². The van der Waals surface area contributed by atoms with Gasteiger partial charge in [-0.05, 0) is 46.8 Å². The van der Waals surface area contributed by atoms with Crippen molar-refractivity contribution in [2.24, 2.45) is 5.73 Å². The fraction of sp³-hybridized carbons (Fsp3) is 0.522. The van der Waals surface area contributed by atoms with E-state index in [0.29, 0.717) is 0 Å². The molecule has 1 saturated heterocycles. The summed E-state index contributed by atoms with van der Waals surface area (Å²) in [6.45, 7) is 7.28. The fourth-order valence-electron chi connectivity index (χ4n) is 3.70. The number of aromatic nitrogens is 2. The number of hydrogen-bond acceptors (Lipinski definition) is 10. The van der Waals surface area contributed by atoms with E-state index in [9.17, 15) is 24.1 Å². The summed E-state index contributed by atoms with van der Waals surface area (Å²) in [6, 6.07) is 7.09. The predicted molar refractivity (Wildman–Crippen MR) is 133 cm³/mol. The first-order valence-electron chi connectivity index (χ1n) is 11.7. The summed E-state index contributed by atoms with van der Waals surface area (Å²) in [4.78, 5) is 38.6. The molecule has 13 nitrogen and oxygen atoms in total. The third-order valence-corrected chi connectivity index (χ3v) is 7.30. The van der Waals surface area contributed by atoms with Gasteiger partial charge in [-0.1, -0.05) is 18.2 Å². The van der Waals surface area contributed by atoms with Crippen LogP contribution in [-0.4, -0.2) is 57.1 Å². The fourth-order valence-corrected chi connectivity index (χ4v) is 5.20. The molecule has 1 unspecified atom stereocenters. The second-order valence-corrected chi connectivity index (χ2v) is 11.0. The highest BCUT2D eigenvalue weighted by atomic mass is 31.2. The SMILES string of the molecule is Cc1cn([C@@H]2O[C@H](COP(=O)(N[C@H](C)C(=O)OC(C)C)Oc3ccccc3)[C@@H](O)[C@@]2(C)N)c(=O)[nH]c1=O. The maximum absolute atomic E-state index is 13.7. The van der Waals surface area contributed by atoms with Crippen LogP contribution in [0.25, 0.3) is 0 Å². The van der Waals surface area contributed by atoms with E-state index in [1.807, 2.05) is 0 Å². The zero-order chi connectivity index (χ0) is 27.5. The Morgan fingerprint density at radius 3 is 2.57 bits per heavy atom. The van der Waals surface area contributed by atoms with E-state index >= 15 is 0 Å². The molecule has 2 aromatic rings. The van der Waals surface area contributed by atoms with Gasteiger partial charge in [-0.3, -0.25) is 23.7 Å². The van der Waals surface area contributed by atoms with Gasteiger partial charge in [-0.15, -0.1) is 0 Å². The molecule has 0 aliphatic carbocycles. The lowest BCUT2D eigenvalue weighted by Gasteiger charge is -2.29. The van der Waals surface area contributed by atoms with Crippen molar-refractivity contribution in [3.05, 3.63) is 62.9 Å². The molecule has 0 amide bonds. The average molecular weight is 541 g/mol. The summed E-state index contributed by atoms with van der Waals surface area (Å²) >= 11 is 0. The number of ether oxygens (including phenoxy) is 2. The highest BCUT2D eigenvalue weighted by Gasteiger charge is 2.52. The molecule has 0 spiro atoms. The van der Waals surface area contributed by atoms with Crippen LogP contribution in [0.5, 0.6) is 5.75 Å². The van der Waals surface area contributed by atoms with Crippen LogP contribution >= 0.6 is 7.75 Å². The molecule has 0 radical (unpaired) electrons. The molecular formula is C23H33N4O9P. The Hall–Kier alpha value is -2.80. The highest BCUT2D eigenvalue weighted by Crippen LogP contribution is 2.46. The summed E-state index contributed by atoms with van der Waals surface area (Å²) in [5, 5.41) is 13.4. The standard InChI is InChI=1S/C23H33N4O9P/c1-13(2)34-20(30)15(4)26-37(32,36-16-9-7-6-8-10-16)33-12-17-18(28)23(5,24)21(35-17)27-11-14(3)19(29)25-22(27)31/h6-11,13,15,17-18,21,28H,12,24H2,1-5H3,(H,26,32)(H,25,29,31)/t15-,17-,18-,21-,23-,37?/m1/s1. The summed E-state index contributed by atoms with van der Waals surface area (Å²) in [6.07, 6.45) is -2.81. The molecule has 1 aliphatic rings. The van der Waals surface area contributed by atoms with Crippen LogP contribution in [0.3, 0.4) is 0 Å². The predicted octanol–water partition coefficient (Wildman–Crippen LogP) is 0.954. The summed E-state index contributed by atoms with van der Waals surface area (Å²) in [5.74, 6) is -0.470. The van der Waals surface area contributed by atoms with Crippen LogP contribution in [0, 0.1) is 6.92 Å². The number of hydrogen-bond donors (Lipinski definition) is 4. The van der Waals surface area contributed by atoms with Crippen molar-refractivity contribution < 1.29 is 33.0 Å². The van der Waals surface area contributed by atoms with Crippen LogP contribution in [0.4, 0.5) is 0 Å². The highest BCUT2D eigenvalue weighted by molar-refractivity contribution is 7.52. The van der Waals surface area contributed by atoms with Crippen molar-refractivity contribution in [2.75, 3.05) is 6.61 Å². The molecule has 1 fully saturated rings. The number of nitrogens with two attached hydrogens (primary N) is 1. The minimum Gasteiger partial charge on any atom is -0.462 e. The molecule has 0 saturated carbocycles. The largest absolute Gasteiger partial charge is 0.462 e. The first-order chi connectivity index (χ1) is 17.2. The second kappa shape index (κ2) is 11.3. The number of nitrogens with zero attached hydrogens (tertiary/aromatic N) is 1. The quantitative estimate of drug-likeness (QED) is 0.248. The third-order valence-electron chi connectivity index (χ3n) is 5.66. The smallest absolute Gasteiger partial charge is 0.459 e.